The van der Waals surface area contributed by atoms with Crippen LogP contribution in [-0.4, -0.2) is 16.4 Å². The highest BCUT2D eigenvalue weighted by atomic mass is 35.5. The van der Waals surface area contributed by atoms with Crippen molar-refractivity contribution in [3.63, 3.8) is 0 Å². The molecular formula is C13H19ClN2. The average molecular weight is 239 g/mol. The van der Waals surface area contributed by atoms with E-state index in [1.807, 2.05) is 24.4 Å². The molecule has 1 fully saturated rings. The second kappa shape index (κ2) is 5.05. The van der Waals surface area contributed by atoms with E-state index in [-0.39, 0.29) is 5.54 Å². The zero-order valence-electron chi connectivity index (χ0n) is 9.75. The third-order valence-electron chi connectivity index (χ3n) is 3.41. The van der Waals surface area contributed by atoms with Gasteiger partial charge in [-0.05, 0) is 30.9 Å². The van der Waals surface area contributed by atoms with Gasteiger partial charge in [0.1, 0.15) is 5.82 Å². The lowest BCUT2D eigenvalue weighted by molar-refractivity contribution is 0.279. The molecule has 0 spiro atoms. The normalized spacial score (nSPS) is 30.0. The van der Waals surface area contributed by atoms with Crippen LogP contribution in [0.15, 0.2) is 24.4 Å². The predicted octanol–water partition coefficient (Wildman–Crippen LogP) is 3.68. The fraction of sp³-hybridized carbons (Fsp3) is 0.615. The van der Waals surface area contributed by atoms with Gasteiger partial charge < -0.3 is 5.32 Å². The number of nitrogens with zero attached hydrogens (tertiary/aromatic N) is 1. The average Bonchev–Trinajstić information content (AvgIpc) is 2.30. The minimum Gasteiger partial charge on any atom is -0.363 e. The molecule has 0 bridgehead atoms. The second-order valence-corrected chi connectivity index (χ2v) is 5.22. The van der Waals surface area contributed by atoms with E-state index in [1.165, 1.54) is 12.8 Å². The first-order valence-corrected chi connectivity index (χ1v) is 6.53. The predicted molar refractivity (Wildman–Crippen MR) is 68.9 cm³/mol. The van der Waals surface area contributed by atoms with Crippen molar-refractivity contribution in [1.82, 2.24) is 4.98 Å². The van der Waals surface area contributed by atoms with E-state index >= 15 is 0 Å². The van der Waals surface area contributed by atoms with Crippen LogP contribution in [0.4, 0.5) is 5.82 Å². The van der Waals surface area contributed by atoms with E-state index in [0.29, 0.717) is 5.88 Å². The monoisotopic (exact) mass is 238 g/mol. The highest BCUT2D eigenvalue weighted by molar-refractivity contribution is 6.18. The molecule has 2 rings (SSSR count). The molecule has 1 aromatic rings. The highest BCUT2D eigenvalue weighted by Gasteiger charge is 2.34. The number of pyridine rings is 1. The van der Waals surface area contributed by atoms with Crippen molar-refractivity contribution in [3.8, 4) is 0 Å². The molecule has 1 aromatic heterocycles. The molecule has 2 unspecified atom stereocenters. The van der Waals surface area contributed by atoms with E-state index < -0.39 is 0 Å². The van der Waals surface area contributed by atoms with Crippen molar-refractivity contribution in [3.05, 3.63) is 24.4 Å². The highest BCUT2D eigenvalue weighted by Crippen LogP contribution is 2.35. The van der Waals surface area contributed by atoms with Crippen LogP contribution in [0.25, 0.3) is 0 Å². The summed E-state index contributed by atoms with van der Waals surface area (Å²) in [7, 11) is 0. The summed E-state index contributed by atoms with van der Waals surface area (Å²) in [6.45, 7) is 2.31. The van der Waals surface area contributed by atoms with Crippen LogP contribution in [0.3, 0.4) is 0 Å². The zero-order chi connectivity index (χ0) is 11.4. The number of hydrogen-bond donors (Lipinski definition) is 1. The Labute approximate surface area is 102 Å². The number of hydrogen-bond acceptors (Lipinski definition) is 2. The third-order valence-corrected chi connectivity index (χ3v) is 3.92. The van der Waals surface area contributed by atoms with Gasteiger partial charge in [0, 0.05) is 12.1 Å². The van der Waals surface area contributed by atoms with Gasteiger partial charge >= 0.3 is 0 Å². The first-order valence-electron chi connectivity index (χ1n) is 5.99. The number of aromatic nitrogens is 1. The van der Waals surface area contributed by atoms with Crippen molar-refractivity contribution in [1.29, 1.82) is 0 Å². The number of rotatable bonds is 3. The van der Waals surface area contributed by atoms with Gasteiger partial charge in [0.25, 0.3) is 0 Å². The van der Waals surface area contributed by atoms with E-state index in [2.05, 4.69) is 17.2 Å². The maximum atomic E-state index is 6.16. The van der Waals surface area contributed by atoms with Gasteiger partial charge in [-0.25, -0.2) is 4.98 Å². The first kappa shape index (κ1) is 11.7. The summed E-state index contributed by atoms with van der Waals surface area (Å²) in [4.78, 5) is 4.32. The first-order chi connectivity index (χ1) is 7.74. The molecule has 0 aliphatic heterocycles. The number of alkyl halides is 1. The molecule has 2 nitrogen and oxygen atoms in total. The lowest BCUT2D eigenvalue weighted by atomic mass is 9.77. The van der Waals surface area contributed by atoms with Gasteiger partial charge in [-0.1, -0.05) is 25.8 Å². The van der Waals surface area contributed by atoms with Crippen LogP contribution in [-0.2, 0) is 0 Å². The van der Waals surface area contributed by atoms with Gasteiger partial charge in [-0.3, -0.25) is 0 Å². The van der Waals surface area contributed by atoms with E-state index in [1.54, 1.807) is 0 Å². The number of anilines is 1. The minimum atomic E-state index is 0.0492. The Hall–Kier alpha value is -0.760. The molecule has 1 saturated carbocycles. The van der Waals surface area contributed by atoms with Gasteiger partial charge in [0.2, 0.25) is 0 Å². The molecule has 88 valence electrons. The van der Waals surface area contributed by atoms with Crippen molar-refractivity contribution in [2.24, 2.45) is 5.92 Å². The summed E-state index contributed by atoms with van der Waals surface area (Å²) >= 11 is 6.16. The topological polar surface area (TPSA) is 24.9 Å². The summed E-state index contributed by atoms with van der Waals surface area (Å²) in [6.07, 6.45) is 6.69. The molecule has 0 saturated heterocycles. The Morgan fingerprint density at radius 3 is 3.06 bits per heavy atom. The van der Waals surface area contributed by atoms with Gasteiger partial charge in [0.05, 0.1) is 5.54 Å². The minimum absolute atomic E-state index is 0.0492. The molecule has 16 heavy (non-hydrogen) atoms. The second-order valence-electron chi connectivity index (χ2n) is 4.96. The number of halogens is 1. The van der Waals surface area contributed by atoms with Crippen molar-refractivity contribution in [2.45, 2.75) is 38.1 Å². The molecule has 1 aliphatic carbocycles. The van der Waals surface area contributed by atoms with Crippen LogP contribution in [0.5, 0.6) is 0 Å². The Morgan fingerprint density at radius 2 is 2.44 bits per heavy atom. The summed E-state index contributed by atoms with van der Waals surface area (Å²) in [5, 5.41) is 3.53. The Morgan fingerprint density at radius 1 is 1.56 bits per heavy atom. The maximum Gasteiger partial charge on any atom is 0.126 e. The molecular weight excluding hydrogens is 220 g/mol. The van der Waals surface area contributed by atoms with E-state index in [0.717, 1.165) is 24.6 Å². The smallest absolute Gasteiger partial charge is 0.126 e. The lowest BCUT2D eigenvalue weighted by Gasteiger charge is -2.39. The molecule has 1 heterocycles. The van der Waals surface area contributed by atoms with Crippen LogP contribution in [0, 0.1) is 5.92 Å². The molecule has 2 atom stereocenters. The molecule has 1 aliphatic rings. The third kappa shape index (κ3) is 2.67. The largest absolute Gasteiger partial charge is 0.363 e. The van der Waals surface area contributed by atoms with Crippen molar-refractivity contribution in [2.75, 3.05) is 11.2 Å². The summed E-state index contributed by atoms with van der Waals surface area (Å²) in [5.74, 6) is 2.36. The molecule has 0 amide bonds. The van der Waals surface area contributed by atoms with E-state index in [4.69, 9.17) is 11.6 Å². The maximum absolute atomic E-state index is 6.16. The van der Waals surface area contributed by atoms with Gasteiger partial charge in [-0.2, -0.15) is 0 Å². The SMILES string of the molecule is CC1CCCC(CCl)(Nc2ccccn2)C1. The van der Waals surface area contributed by atoms with Crippen molar-refractivity contribution >= 4 is 17.4 Å². The fourth-order valence-electron chi connectivity index (χ4n) is 2.64. The zero-order valence-corrected chi connectivity index (χ0v) is 10.5. The van der Waals surface area contributed by atoms with Crippen LogP contribution < -0.4 is 5.32 Å². The Kier molecular flexibility index (Phi) is 3.70. The summed E-state index contributed by atoms with van der Waals surface area (Å²) < 4.78 is 0. The van der Waals surface area contributed by atoms with Crippen LogP contribution in [0.2, 0.25) is 0 Å². The summed E-state index contributed by atoms with van der Waals surface area (Å²) in [6, 6.07) is 5.94. The van der Waals surface area contributed by atoms with Crippen molar-refractivity contribution < 1.29 is 0 Å². The quantitative estimate of drug-likeness (QED) is 0.813. The Balaban J connectivity index is 2.10. The molecule has 0 radical (unpaired) electrons. The summed E-state index contributed by atoms with van der Waals surface area (Å²) in [5.41, 5.74) is 0.0492. The molecule has 3 heteroatoms. The Bertz CT molecular complexity index is 328. The molecule has 0 aromatic carbocycles. The van der Waals surface area contributed by atoms with E-state index in [9.17, 15) is 0 Å². The number of nitrogens with one attached hydrogen (secondary N) is 1. The fourth-order valence-corrected chi connectivity index (χ4v) is 2.95. The van der Waals surface area contributed by atoms with Gasteiger partial charge in [0.15, 0.2) is 0 Å². The van der Waals surface area contributed by atoms with Gasteiger partial charge in [-0.15, -0.1) is 11.6 Å². The standard InChI is InChI=1S/C13H19ClN2/c1-11-5-4-7-13(9-11,10-14)16-12-6-2-3-8-15-12/h2-3,6,8,11H,4-5,7,9-10H2,1H3,(H,15,16). The van der Waals surface area contributed by atoms with Crippen LogP contribution >= 0.6 is 11.6 Å². The lowest BCUT2D eigenvalue weighted by Crippen LogP contribution is -2.44. The van der Waals surface area contributed by atoms with Crippen LogP contribution in [0.1, 0.15) is 32.6 Å². The molecule has 1 N–H and O–H groups in total.